The summed E-state index contributed by atoms with van der Waals surface area (Å²) < 4.78 is 40.5. The van der Waals surface area contributed by atoms with Crippen LogP contribution in [0.25, 0.3) is 0 Å². The average molecular weight is 276 g/mol. The van der Waals surface area contributed by atoms with Crippen LogP contribution in [0.1, 0.15) is 12.8 Å². The second-order valence-corrected chi connectivity index (χ2v) is 3.87. The van der Waals surface area contributed by atoms with E-state index in [1.807, 2.05) is 0 Å². The Morgan fingerprint density at radius 2 is 2.11 bits per heavy atom. The number of carbonyl (C=O) groups excluding carboxylic acids is 1. The van der Waals surface area contributed by atoms with E-state index in [1.165, 1.54) is 18.2 Å². The lowest BCUT2D eigenvalue weighted by Crippen LogP contribution is -2.19. The monoisotopic (exact) mass is 276 g/mol. The Kier molecular flexibility index (Phi) is 5.62. The number of rotatable bonds is 6. The van der Waals surface area contributed by atoms with Crippen LogP contribution in [0.5, 0.6) is 5.75 Å². The largest absolute Gasteiger partial charge is 0.484 e. The Labute approximate surface area is 108 Å². The number of alkyl halides is 3. The van der Waals surface area contributed by atoms with E-state index < -0.39 is 12.8 Å². The maximum atomic E-state index is 12.0. The quantitative estimate of drug-likeness (QED) is 0.838. The molecule has 0 atom stereocenters. The second kappa shape index (κ2) is 6.98. The minimum Gasteiger partial charge on any atom is -0.484 e. The topological polar surface area (TPSA) is 64.4 Å². The maximum Gasteiger partial charge on any atom is 0.422 e. The van der Waals surface area contributed by atoms with Gasteiger partial charge in [0.25, 0.3) is 0 Å². The van der Waals surface area contributed by atoms with Crippen molar-refractivity contribution in [2.75, 3.05) is 18.5 Å². The molecule has 0 bridgehead atoms. The predicted octanol–water partition coefficient (Wildman–Crippen LogP) is 2.31. The van der Waals surface area contributed by atoms with Crippen molar-refractivity contribution in [3.8, 4) is 5.75 Å². The molecule has 0 saturated heterocycles. The van der Waals surface area contributed by atoms with Crippen LogP contribution in [0.15, 0.2) is 24.3 Å². The lowest BCUT2D eigenvalue weighted by atomic mass is 10.2. The Hall–Kier alpha value is -1.76. The van der Waals surface area contributed by atoms with Gasteiger partial charge in [-0.15, -0.1) is 0 Å². The normalized spacial score (nSPS) is 11.2. The lowest BCUT2D eigenvalue weighted by molar-refractivity contribution is -0.153. The smallest absolute Gasteiger partial charge is 0.422 e. The zero-order valence-corrected chi connectivity index (χ0v) is 10.2. The van der Waals surface area contributed by atoms with Crippen LogP contribution >= 0.6 is 0 Å². The van der Waals surface area contributed by atoms with Gasteiger partial charge in [-0.25, -0.2) is 0 Å². The summed E-state index contributed by atoms with van der Waals surface area (Å²) in [4.78, 5) is 11.4. The van der Waals surface area contributed by atoms with E-state index in [9.17, 15) is 18.0 Å². The number of hydrogen-bond acceptors (Lipinski definition) is 3. The van der Waals surface area contributed by atoms with Crippen molar-refractivity contribution in [2.24, 2.45) is 5.73 Å². The molecule has 4 nitrogen and oxygen atoms in total. The van der Waals surface area contributed by atoms with Gasteiger partial charge >= 0.3 is 6.18 Å². The van der Waals surface area contributed by atoms with Crippen molar-refractivity contribution in [1.29, 1.82) is 0 Å². The molecule has 0 aliphatic rings. The number of amides is 1. The van der Waals surface area contributed by atoms with Crippen LogP contribution in [0, 0.1) is 0 Å². The van der Waals surface area contributed by atoms with E-state index in [2.05, 4.69) is 10.1 Å². The summed E-state index contributed by atoms with van der Waals surface area (Å²) in [5.74, 6) is -0.188. The van der Waals surface area contributed by atoms with Crippen LogP contribution < -0.4 is 15.8 Å². The van der Waals surface area contributed by atoms with Crippen LogP contribution in [0.4, 0.5) is 18.9 Å². The molecule has 1 rings (SSSR count). The van der Waals surface area contributed by atoms with Gasteiger partial charge in [0.1, 0.15) is 5.75 Å². The Morgan fingerprint density at radius 3 is 2.74 bits per heavy atom. The Balaban J connectivity index is 2.54. The van der Waals surface area contributed by atoms with E-state index >= 15 is 0 Å². The van der Waals surface area contributed by atoms with Gasteiger partial charge in [0.05, 0.1) is 0 Å². The van der Waals surface area contributed by atoms with Crippen LogP contribution in [0.3, 0.4) is 0 Å². The molecule has 0 heterocycles. The average Bonchev–Trinajstić information content (AvgIpc) is 2.33. The van der Waals surface area contributed by atoms with Crippen molar-refractivity contribution in [3.63, 3.8) is 0 Å². The van der Waals surface area contributed by atoms with Crippen molar-refractivity contribution in [3.05, 3.63) is 24.3 Å². The third-order valence-corrected chi connectivity index (χ3v) is 2.13. The Morgan fingerprint density at radius 1 is 1.37 bits per heavy atom. The summed E-state index contributed by atoms with van der Waals surface area (Å²) in [6, 6.07) is 5.80. The summed E-state index contributed by atoms with van der Waals surface area (Å²) in [6.07, 6.45) is -3.57. The number of nitrogens with two attached hydrogens (primary N) is 1. The molecule has 0 aliphatic heterocycles. The van der Waals surface area contributed by atoms with Crippen LogP contribution in [-0.2, 0) is 4.79 Å². The van der Waals surface area contributed by atoms with Gasteiger partial charge < -0.3 is 15.8 Å². The molecule has 0 unspecified atom stereocenters. The molecule has 19 heavy (non-hydrogen) atoms. The van der Waals surface area contributed by atoms with Gasteiger partial charge in [0, 0.05) is 18.2 Å². The SMILES string of the molecule is NCCCC(=O)Nc1cccc(OCC(F)(F)F)c1. The van der Waals surface area contributed by atoms with Gasteiger partial charge in [-0.05, 0) is 25.1 Å². The first-order valence-electron chi connectivity index (χ1n) is 5.70. The van der Waals surface area contributed by atoms with Crippen molar-refractivity contribution in [2.45, 2.75) is 19.0 Å². The number of carbonyl (C=O) groups is 1. The molecule has 106 valence electrons. The lowest BCUT2D eigenvalue weighted by Gasteiger charge is -2.10. The zero-order valence-electron chi connectivity index (χ0n) is 10.2. The van der Waals surface area contributed by atoms with Crippen molar-refractivity contribution in [1.82, 2.24) is 0 Å². The second-order valence-electron chi connectivity index (χ2n) is 3.87. The standard InChI is InChI=1S/C12H15F3N2O2/c13-12(14,15)8-19-10-4-1-3-9(7-10)17-11(18)5-2-6-16/h1,3-4,7H,2,5-6,8,16H2,(H,17,18). The number of benzene rings is 1. The molecule has 7 heteroatoms. The zero-order chi connectivity index (χ0) is 14.3. The molecule has 1 aromatic rings. The fourth-order valence-corrected chi connectivity index (χ4v) is 1.31. The highest BCUT2D eigenvalue weighted by molar-refractivity contribution is 5.90. The number of ether oxygens (including phenoxy) is 1. The minimum absolute atomic E-state index is 0.0500. The molecule has 3 N–H and O–H groups in total. The molecule has 0 fully saturated rings. The molecule has 0 radical (unpaired) electrons. The molecule has 0 saturated carbocycles. The van der Waals surface area contributed by atoms with Crippen molar-refractivity contribution >= 4 is 11.6 Å². The summed E-state index contributed by atoms with van der Waals surface area (Å²) in [6.45, 7) is -0.959. The van der Waals surface area contributed by atoms with Crippen molar-refractivity contribution < 1.29 is 22.7 Å². The molecule has 0 aliphatic carbocycles. The third kappa shape index (κ3) is 6.66. The number of halogens is 3. The van der Waals surface area contributed by atoms with E-state index in [0.717, 1.165) is 0 Å². The summed E-state index contributed by atoms with van der Waals surface area (Å²) in [5.41, 5.74) is 5.66. The fraction of sp³-hybridized carbons (Fsp3) is 0.417. The number of nitrogens with one attached hydrogen (secondary N) is 1. The molecular weight excluding hydrogens is 261 g/mol. The van der Waals surface area contributed by atoms with Gasteiger partial charge in [0.2, 0.25) is 5.91 Å². The van der Waals surface area contributed by atoms with Crippen LogP contribution in [-0.4, -0.2) is 25.2 Å². The molecule has 1 amide bonds. The maximum absolute atomic E-state index is 12.0. The third-order valence-electron chi connectivity index (χ3n) is 2.13. The highest BCUT2D eigenvalue weighted by Gasteiger charge is 2.28. The van der Waals surface area contributed by atoms with Gasteiger partial charge in [-0.2, -0.15) is 13.2 Å². The van der Waals surface area contributed by atoms with Gasteiger partial charge in [-0.3, -0.25) is 4.79 Å². The summed E-state index contributed by atoms with van der Waals surface area (Å²) in [7, 11) is 0. The van der Waals surface area contributed by atoms with Crippen LogP contribution in [0.2, 0.25) is 0 Å². The highest BCUT2D eigenvalue weighted by Crippen LogP contribution is 2.21. The molecule has 0 aromatic heterocycles. The first kappa shape index (κ1) is 15.3. The fourth-order valence-electron chi connectivity index (χ4n) is 1.31. The van der Waals surface area contributed by atoms with E-state index in [1.54, 1.807) is 6.07 Å². The van der Waals surface area contributed by atoms with Gasteiger partial charge in [-0.1, -0.05) is 6.07 Å². The number of hydrogen-bond donors (Lipinski definition) is 2. The first-order valence-corrected chi connectivity index (χ1v) is 5.70. The minimum atomic E-state index is -4.39. The predicted molar refractivity (Wildman–Crippen MR) is 64.9 cm³/mol. The van der Waals surface area contributed by atoms with Gasteiger partial charge in [0.15, 0.2) is 6.61 Å². The molecule has 1 aromatic carbocycles. The molecule has 0 spiro atoms. The summed E-state index contributed by atoms with van der Waals surface area (Å²) in [5, 5.41) is 2.56. The Bertz CT molecular complexity index is 422. The molecular formula is C12H15F3N2O2. The first-order chi connectivity index (χ1) is 8.90. The number of anilines is 1. The van der Waals surface area contributed by atoms with E-state index in [-0.39, 0.29) is 18.1 Å². The van der Waals surface area contributed by atoms with E-state index in [4.69, 9.17) is 5.73 Å². The highest BCUT2D eigenvalue weighted by atomic mass is 19.4. The summed E-state index contributed by atoms with van der Waals surface area (Å²) >= 11 is 0. The van der Waals surface area contributed by atoms with E-state index in [0.29, 0.717) is 18.7 Å².